The monoisotopic (exact) mass is 471 g/mol. The summed E-state index contributed by atoms with van der Waals surface area (Å²) in [6.07, 6.45) is 8.36. The summed E-state index contributed by atoms with van der Waals surface area (Å²) < 4.78 is 40.9. The molecule has 2 fully saturated rings. The first-order valence-electron chi connectivity index (χ1n) is 11.6. The Morgan fingerprint density at radius 3 is 2.53 bits per heavy atom. The molecular weight excluding hydrogens is 444 g/mol. The van der Waals surface area contributed by atoms with Crippen LogP contribution in [0.1, 0.15) is 25.7 Å². The van der Waals surface area contributed by atoms with Crippen LogP contribution in [0.2, 0.25) is 0 Å². The minimum atomic E-state index is -2.85. The maximum Gasteiger partial charge on any atom is 0.387 e. The van der Waals surface area contributed by atoms with E-state index in [2.05, 4.69) is 42.0 Å². The maximum absolute atomic E-state index is 12.3. The highest BCUT2D eigenvalue weighted by Crippen LogP contribution is 2.33. The maximum atomic E-state index is 12.3. The molecule has 1 N–H and O–H groups in total. The molecule has 1 saturated heterocycles. The number of hydrogen-bond donors (Lipinski definition) is 1. The first kappa shape index (κ1) is 22.5. The molecule has 0 radical (unpaired) electrons. The van der Waals surface area contributed by atoms with Crippen molar-refractivity contribution in [3.63, 3.8) is 0 Å². The van der Waals surface area contributed by atoms with Crippen LogP contribution >= 0.6 is 0 Å². The molecule has 1 aliphatic carbocycles. The van der Waals surface area contributed by atoms with Crippen LogP contribution in [-0.4, -0.2) is 60.0 Å². The van der Waals surface area contributed by atoms with Crippen molar-refractivity contribution in [2.75, 3.05) is 36.5 Å². The summed E-state index contributed by atoms with van der Waals surface area (Å²) in [5.74, 6) is 1.46. The highest BCUT2D eigenvalue weighted by atomic mass is 19.3. The van der Waals surface area contributed by atoms with Gasteiger partial charge in [0.05, 0.1) is 31.0 Å². The molecule has 34 heavy (non-hydrogen) atoms. The Balaban J connectivity index is 1.21. The van der Waals surface area contributed by atoms with Crippen molar-refractivity contribution < 1.29 is 23.0 Å². The number of anilines is 2. The van der Waals surface area contributed by atoms with Crippen molar-refractivity contribution in [1.82, 2.24) is 15.0 Å². The van der Waals surface area contributed by atoms with E-state index in [-0.39, 0.29) is 17.9 Å². The van der Waals surface area contributed by atoms with E-state index < -0.39 is 6.61 Å². The zero-order valence-electron chi connectivity index (χ0n) is 18.7. The van der Waals surface area contributed by atoms with Gasteiger partial charge in [-0.1, -0.05) is 0 Å². The van der Waals surface area contributed by atoms with Crippen LogP contribution in [0.25, 0.3) is 11.0 Å². The van der Waals surface area contributed by atoms with E-state index in [0.29, 0.717) is 19.0 Å². The molecule has 0 spiro atoms. The third kappa shape index (κ3) is 5.44. The minimum absolute atomic E-state index is 0.0484. The lowest BCUT2D eigenvalue weighted by molar-refractivity contribution is -0.0500. The van der Waals surface area contributed by atoms with E-state index in [9.17, 15) is 8.78 Å². The van der Waals surface area contributed by atoms with Crippen molar-refractivity contribution in [2.45, 2.75) is 44.4 Å². The van der Waals surface area contributed by atoms with Gasteiger partial charge in [-0.05, 0) is 43.9 Å². The largest absolute Gasteiger partial charge is 0.488 e. The van der Waals surface area contributed by atoms with Crippen LogP contribution < -0.4 is 19.7 Å². The molecule has 5 rings (SSSR count). The number of alkyl halides is 2. The van der Waals surface area contributed by atoms with Crippen molar-refractivity contribution >= 4 is 22.5 Å². The van der Waals surface area contributed by atoms with Gasteiger partial charge in [0.1, 0.15) is 22.8 Å². The Morgan fingerprint density at radius 1 is 1.00 bits per heavy atom. The van der Waals surface area contributed by atoms with Gasteiger partial charge in [-0.2, -0.15) is 8.78 Å². The molecule has 0 unspecified atom stereocenters. The first-order valence-corrected chi connectivity index (χ1v) is 11.6. The fourth-order valence-corrected chi connectivity index (χ4v) is 4.47. The van der Waals surface area contributed by atoms with E-state index in [1.165, 1.54) is 12.3 Å². The molecule has 2 aliphatic rings. The van der Waals surface area contributed by atoms with Crippen LogP contribution in [0, 0.1) is 0 Å². The van der Waals surface area contributed by atoms with Crippen molar-refractivity contribution in [3.8, 4) is 11.5 Å². The molecular formula is C24H27F2N5O3. The number of pyridine rings is 1. The van der Waals surface area contributed by atoms with Crippen molar-refractivity contribution in [2.24, 2.45) is 0 Å². The Labute approximate surface area is 196 Å². The summed E-state index contributed by atoms with van der Waals surface area (Å²) in [6, 6.07) is 7.52. The smallest absolute Gasteiger partial charge is 0.387 e. The summed E-state index contributed by atoms with van der Waals surface area (Å²) >= 11 is 0. The van der Waals surface area contributed by atoms with Gasteiger partial charge in [0, 0.05) is 43.3 Å². The van der Waals surface area contributed by atoms with Gasteiger partial charge < -0.3 is 24.4 Å². The number of hydrogen-bond acceptors (Lipinski definition) is 8. The minimum Gasteiger partial charge on any atom is -0.488 e. The van der Waals surface area contributed by atoms with Crippen molar-refractivity contribution in [3.05, 3.63) is 42.9 Å². The number of fused-ring (bicyclic) bond motifs is 1. The lowest BCUT2D eigenvalue weighted by Crippen LogP contribution is -2.36. The Kier molecular flexibility index (Phi) is 6.84. The van der Waals surface area contributed by atoms with Crippen molar-refractivity contribution in [1.29, 1.82) is 0 Å². The zero-order valence-corrected chi connectivity index (χ0v) is 18.7. The van der Waals surface area contributed by atoms with Gasteiger partial charge in [0.2, 0.25) is 0 Å². The molecule has 0 amide bonds. The second-order valence-electron chi connectivity index (χ2n) is 8.46. The number of rotatable bonds is 7. The van der Waals surface area contributed by atoms with Gasteiger partial charge in [0.15, 0.2) is 0 Å². The number of aromatic nitrogens is 3. The molecule has 8 nitrogen and oxygen atoms in total. The summed E-state index contributed by atoms with van der Waals surface area (Å²) in [5, 5.41) is 3.38. The Morgan fingerprint density at radius 2 is 1.79 bits per heavy atom. The molecule has 1 aromatic carbocycles. The van der Waals surface area contributed by atoms with E-state index in [0.717, 1.165) is 61.2 Å². The van der Waals surface area contributed by atoms with Gasteiger partial charge >= 0.3 is 6.61 Å². The Bertz CT molecular complexity index is 1090. The van der Waals surface area contributed by atoms with E-state index in [1.807, 2.05) is 0 Å². The molecule has 0 atom stereocenters. The topological polar surface area (TPSA) is 81.6 Å². The number of nitrogens with zero attached hydrogens (tertiary/aromatic N) is 4. The van der Waals surface area contributed by atoms with E-state index in [1.54, 1.807) is 18.5 Å². The number of ether oxygens (including phenoxy) is 3. The van der Waals surface area contributed by atoms with E-state index >= 15 is 0 Å². The van der Waals surface area contributed by atoms with Crippen LogP contribution in [0.4, 0.5) is 20.3 Å². The van der Waals surface area contributed by atoms with Gasteiger partial charge in [-0.25, -0.2) is 9.97 Å². The predicted octanol–water partition coefficient (Wildman–Crippen LogP) is 4.26. The fraction of sp³-hybridized carbons (Fsp3) is 0.458. The summed E-state index contributed by atoms with van der Waals surface area (Å²) in [7, 11) is 0. The van der Waals surface area contributed by atoms with Crippen LogP contribution in [0.5, 0.6) is 11.5 Å². The summed E-state index contributed by atoms with van der Waals surface area (Å²) in [4.78, 5) is 15.5. The highest BCUT2D eigenvalue weighted by Gasteiger charge is 2.24. The molecule has 10 heteroatoms. The number of halogens is 2. The average molecular weight is 472 g/mol. The summed E-state index contributed by atoms with van der Waals surface area (Å²) in [5.41, 5.74) is 2.67. The normalized spacial score (nSPS) is 21.0. The molecule has 3 heterocycles. The number of morpholine rings is 1. The van der Waals surface area contributed by atoms with E-state index in [4.69, 9.17) is 9.47 Å². The van der Waals surface area contributed by atoms with Gasteiger partial charge in [-0.3, -0.25) is 4.98 Å². The van der Waals surface area contributed by atoms with Gasteiger partial charge in [0.25, 0.3) is 0 Å². The fourth-order valence-electron chi connectivity index (χ4n) is 4.47. The zero-order chi connectivity index (χ0) is 23.3. The third-order valence-corrected chi connectivity index (χ3v) is 6.18. The van der Waals surface area contributed by atoms with Crippen LogP contribution in [0.15, 0.2) is 42.9 Å². The first-order chi connectivity index (χ1) is 16.6. The second-order valence-corrected chi connectivity index (χ2v) is 8.46. The Hall–Kier alpha value is -3.27. The number of benzene rings is 1. The van der Waals surface area contributed by atoms with Gasteiger partial charge in [-0.15, -0.1) is 0 Å². The third-order valence-electron chi connectivity index (χ3n) is 6.18. The average Bonchev–Trinajstić information content (AvgIpc) is 2.86. The lowest BCUT2D eigenvalue weighted by atomic mass is 9.93. The predicted molar refractivity (Wildman–Crippen MR) is 124 cm³/mol. The molecule has 3 aromatic rings. The standard InChI is InChI=1S/C24H27F2N5O3/c25-24(26)34-19-5-6-22(29-15-19)30-16-1-3-18(4-2-16)33-21-14-17(31-9-11-32-12-10-31)13-20-23(21)28-8-7-27-20/h5-8,13-16,18,24H,1-4,9-12H2,(H,29,30)/t16-,18+. The molecule has 180 valence electrons. The number of nitrogens with one attached hydrogen (secondary N) is 1. The van der Waals surface area contributed by atoms with Crippen LogP contribution in [-0.2, 0) is 4.74 Å². The molecule has 2 aromatic heterocycles. The highest BCUT2D eigenvalue weighted by molar-refractivity contribution is 5.85. The quantitative estimate of drug-likeness (QED) is 0.547. The lowest BCUT2D eigenvalue weighted by Gasteiger charge is -2.31. The SMILES string of the molecule is FC(F)Oc1ccc(N[C@H]2CC[C@@H](Oc3cc(N4CCOCC4)cc4nccnc34)CC2)nc1. The second kappa shape index (κ2) is 10.3. The molecule has 1 aliphatic heterocycles. The molecule has 0 bridgehead atoms. The summed E-state index contributed by atoms with van der Waals surface area (Å²) in [6.45, 7) is 0.246. The molecule has 1 saturated carbocycles. The van der Waals surface area contributed by atoms with Crippen LogP contribution in [0.3, 0.4) is 0 Å².